The summed E-state index contributed by atoms with van der Waals surface area (Å²) < 4.78 is 5.47. The Balaban J connectivity index is 2.17. The quantitative estimate of drug-likeness (QED) is 0.483. The molecule has 0 aliphatic rings. The maximum Gasteiger partial charge on any atom is 0.336 e. The molecule has 0 atom stereocenters. The molecule has 0 unspecified atom stereocenters. The lowest BCUT2D eigenvalue weighted by atomic mass is 10.2. The highest BCUT2D eigenvalue weighted by molar-refractivity contribution is 9.11. The monoisotopic (exact) mass is 444 g/mol. The number of aryl methyl sites for hydroxylation is 3. The SMILES string of the molecule is Cc1c2c(-n3c(=O)c4sc(Br)cc4n(CCC#N)c3=O)cncc2nn1C. The van der Waals surface area contributed by atoms with E-state index in [1.54, 1.807) is 24.0 Å². The van der Waals surface area contributed by atoms with Crippen LogP contribution in [0.25, 0.3) is 26.8 Å². The lowest BCUT2D eigenvalue weighted by Crippen LogP contribution is -2.38. The standard InChI is InChI=1S/C17H13BrN6O2S/c1-9-14-10(21-22(9)2)7-20-8-12(14)24-16(25)15-11(6-13(18)27-15)23(17(24)26)5-3-4-19/h6-8H,3,5H2,1-2H3. The Kier molecular flexibility index (Phi) is 4.20. The van der Waals surface area contributed by atoms with Crippen LogP contribution in [0.1, 0.15) is 12.1 Å². The van der Waals surface area contributed by atoms with Gasteiger partial charge in [-0.1, -0.05) is 0 Å². The van der Waals surface area contributed by atoms with E-state index in [1.165, 1.54) is 22.1 Å². The highest BCUT2D eigenvalue weighted by atomic mass is 79.9. The molecule has 0 saturated heterocycles. The fourth-order valence-corrected chi connectivity index (χ4v) is 4.68. The third-order valence-corrected chi connectivity index (χ3v) is 6.11. The highest BCUT2D eigenvalue weighted by Crippen LogP contribution is 2.28. The summed E-state index contributed by atoms with van der Waals surface area (Å²) in [6.45, 7) is 2.07. The zero-order valence-electron chi connectivity index (χ0n) is 14.4. The molecule has 0 saturated carbocycles. The molecule has 0 aliphatic carbocycles. The van der Waals surface area contributed by atoms with Gasteiger partial charge in [-0.2, -0.15) is 10.4 Å². The number of thiophene rings is 1. The van der Waals surface area contributed by atoms with E-state index in [-0.39, 0.29) is 13.0 Å². The summed E-state index contributed by atoms with van der Waals surface area (Å²) in [7, 11) is 1.80. The second kappa shape index (κ2) is 6.44. The van der Waals surface area contributed by atoms with Gasteiger partial charge in [0.05, 0.1) is 45.3 Å². The van der Waals surface area contributed by atoms with Gasteiger partial charge >= 0.3 is 5.69 Å². The van der Waals surface area contributed by atoms with E-state index in [9.17, 15) is 9.59 Å². The summed E-state index contributed by atoms with van der Waals surface area (Å²) in [5.74, 6) is 0. The van der Waals surface area contributed by atoms with Gasteiger partial charge in [0.25, 0.3) is 5.56 Å². The van der Waals surface area contributed by atoms with Crippen molar-refractivity contribution in [3.63, 3.8) is 0 Å². The number of hydrogen-bond donors (Lipinski definition) is 0. The molecule has 10 heteroatoms. The molecule has 0 spiro atoms. The van der Waals surface area contributed by atoms with Gasteiger partial charge in [0.2, 0.25) is 0 Å². The molecule has 8 nitrogen and oxygen atoms in total. The van der Waals surface area contributed by atoms with E-state index in [1.807, 2.05) is 13.0 Å². The van der Waals surface area contributed by atoms with Gasteiger partial charge in [0, 0.05) is 19.3 Å². The summed E-state index contributed by atoms with van der Waals surface area (Å²) in [6.07, 6.45) is 3.27. The Hall–Kier alpha value is -2.77. The second-order valence-corrected chi connectivity index (χ2v) is 8.44. The van der Waals surface area contributed by atoms with Crippen LogP contribution in [0.5, 0.6) is 0 Å². The first-order valence-electron chi connectivity index (χ1n) is 8.03. The molecule has 4 aromatic rings. The van der Waals surface area contributed by atoms with Gasteiger partial charge in [0.1, 0.15) is 10.2 Å². The van der Waals surface area contributed by atoms with E-state index in [0.29, 0.717) is 26.8 Å². The minimum atomic E-state index is -0.495. The number of pyridine rings is 1. The van der Waals surface area contributed by atoms with Crippen molar-refractivity contribution < 1.29 is 0 Å². The molecule has 0 bridgehead atoms. The number of rotatable bonds is 3. The lowest BCUT2D eigenvalue weighted by molar-refractivity contribution is 0.663. The van der Waals surface area contributed by atoms with Gasteiger partial charge in [-0.3, -0.25) is 19.0 Å². The van der Waals surface area contributed by atoms with Crippen molar-refractivity contribution in [2.45, 2.75) is 19.9 Å². The Bertz CT molecular complexity index is 1370. The van der Waals surface area contributed by atoms with E-state index in [2.05, 4.69) is 26.0 Å². The first-order chi connectivity index (χ1) is 12.9. The molecule has 0 fully saturated rings. The van der Waals surface area contributed by atoms with Crippen molar-refractivity contribution in [1.82, 2.24) is 23.9 Å². The van der Waals surface area contributed by atoms with E-state index < -0.39 is 11.2 Å². The predicted molar refractivity (Wildman–Crippen MR) is 106 cm³/mol. The minimum Gasteiger partial charge on any atom is -0.291 e. The summed E-state index contributed by atoms with van der Waals surface area (Å²) in [5.41, 5.74) is 1.45. The molecular weight excluding hydrogens is 432 g/mol. The van der Waals surface area contributed by atoms with Crippen LogP contribution in [-0.2, 0) is 13.6 Å². The fraction of sp³-hybridized carbons (Fsp3) is 0.235. The van der Waals surface area contributed by atoms with E-state index >= 15 is 0 Å². The maximum atomic E-state index is 13.2. The number of hydrogen-bond acceptors (Lipinski definition) is 6. The summed E-state index contributed by atoms with van der Waals surface area (Å²) in [5, 5.41) is 14.0. The average molecular weight is 445 g/mol. The first kappa shape index (κ1) is 17.6. The molecule has 27 heavy (non-hydrogen) atoms. The number of fused-ring (bicyclic) bond motifs is 2. The van der Waals surface area contributed by atoms with Crippen LogP contribution >= 0.6 is 27.3 Å². The van der Waals surface area contributed by atoms with Crippen LogP contribution in [0, 0.1) is 18.3 Å². The molecule has 136 valence electrons. The lowest BCUT2D eigenvalue weighted by Gasteiger charge is -2.11. The molecule has 4 aromatic heterocycles. The van der Waals surface area contributed by atoms with Crippen molar-refractivity contribution >= 4 is 48.4 Å². The molecule has 4 rings (SSSR count). The van der Waals surface area contributed by atoms with Crippen LogP contribution in [-0.4, -0.2) is 23.9 Å². The molecule has 4 heterocycles. The van der Waals surface area contributed by atoms with E-state index in [0.717, 1.165) is 14.0 Å². The average Bonchev–Trinajstić information content (AvgIpc) is 3.16. The Morgan fingerprint density at radius 2 is 2.11 bits per heavy atom. The van der Waals surface area contributed by atoms with Crippen LogP contribution < -0.4 is 11.2 Å². The van der Waals surface area contributed by atoms with Crippen molar-refractivity contribution in [3.8, 4) is 11.8 Å². The molecule has 0 N–H and O–H groups in total. The van der Waals surface area contributed by atoms with Crippen LogP contribution in [0.2, 0.25) is 0 Å². The zero-order chi connectivity index (χ0) is 19.3. The molecule has 0 aromatic carbocycles. The van der Waals surface area contributed by atoms with Crippen LogP contribution in [0.3, 0.4) is 0 Å². The summed E-state index contributed by atoms with van der Waals surface area (Å²) in [6, 6.07) is 3.78. The number of nitrogens with zero attached hydrogens (tertiary/aromatic N) is 6. The molecule has 0 aliphatic heterocycles. The normalized spacial score (nSPS) is 11.3. The maximum absolute atomic E-state index is 13.2. The molecule has 0 radical (unpaired) electrons. The highest BCUT2D eigenvalue weighted by Gasteiger charge is 2.20. The molecular formula is C17H13BrN6O2S. The van der Waals surface area contributed by atoms with Gasteiger partial charge < -0.3 is 0 Å². The van der Waals surface area contributed by atoms with E-state index in [4.69, 9.17) is 5.26 Å². The van der Waals surface area contributed by atoms with Crippen molar-refractivity contribution in [3.05, 3.63) is 48.8 Å². The Labute approximate surface area is 165 Å². The second-order valence-electron chi connectivity index (χ2n) is 6.01. The minimum absolute atomic E-state index is 0.162. The summed E-state index contributed by atoms with van der Waals surface area (Å²) in [4.78, 5) is 30.6. The Morgan fingerprint density at radius 3 is 2.85 bits per heavy atom. The molecule has 0 amide bonds. The third-order valence-electron chi connectivity index (χ3n) is 4.49. The number of nitriles is 1. The predicted octanol–water partition coefficient (Wildman–Crippen LogP) is 2.48. The van der Waals surface area contributed by atoms with Gasteiger partial charge in [-0.05, 0) is 28.9 Å². The fourth-order valence-electron chi connectivity index (χ4n) is 3.16. The topological polar surface area (TPSA) is 98.5 Å². The van der Waals surface area contributed by atoms with Gasteiger partial charge in [0.15, 0.2) is 0 Å². The van der Waals surface area contributed by atoms with Crippen molar-refractivity contribution in [2.75, 3.05) is 0 Å². The smallest absolute Gasteiger partial charge is 0.291 e. The van der Waals surface area contributed by atoms with Gasteiger partial charge in [-0.25, -0.2) is 9.36 Å². The van der Waals surface area contributed by atoms with Crippen LogP contribution in [0.4, 0.5) is 0 Å². The largest absolute Gasteiger partial charge is 0.336 e. The van der Waals surface area contributed by atoms with Gasteiger partial charge in [-0.15, -0.1) is 11.3 Å². The third kappa shape index (κ3) is 2.62. The first-order valence-corrected chi connectivity index (χ1v) is 9.64. The number of aromatic nitrogens is 5. The number of halogens is 1. The Morgan fingerprint density at radius 1 is 1.33 bits per heavy atom. The van der Waals surface area contributed by atoms with Crippen molar-refractivity contribution in [1.29, 1.82) is 5.26 Å². The van der Waals surface area contributed by atoms with Crippen molar-refractivity contribution in [2.24, 2.45) is 7.05 Å². The van der Waals surface area contributed by atoms with Crippen LogP contribution in [0.15, 0.2) is 31.8 Å². The zero-order valence-corrected chi connectivity index (χ0v) is 16.8. The summed E-state index contributed by atoms with van der Waals surface area (Å²) >= 11 is 4.64.